The summed E-state index contributed by atoms with van der Waals surface area (Å²) in [5.74, 6) is 6.71. The molecule has 1 aromatic heterocycles. The fraction of sp³-hybridized carbons (Fsp3) is 0.692. The van der Waals surface area contributed by atoms with Gasteiger partial charge in [0, 0.05) is 5.54 Å². The molecule has 4 nitrogen and oxygen atoms in total. The molecule has 1 aromatic rings. The Bertz CT molecular complexity index is 328. The maximum atomic E-state index is 5.78. The number of nitrogens with two attached hydrogens (primary N) is 1. The van der Waals surface area contributed by atoms with E-state index < -0.39 is 0 Å². The molecule has 0 spiro atoms. The van der Waals surface area contributed by atoms with Gasteiger partial charge in [-0.25, -0.2) is 5.43 Å². The molecule has 1 aliphatic carbocycles. The van der Waals surface area contributed by atoms with Crippen molar-refractivity contribution >= 4 is 0 Å². The van der Waals surface area contributed by atoms with E-state index in [1.165, 1.54) is 19.3 Å². The van der Waals surface area contributed by atoms with Gasteiger partial charge in [-0.15, -0.1) is 0 Å². The standard InChI is InChI=1S/C13H23N3O/c1-16(2)13(8-4-3-5-9-13)12(15-14)11-7-6-10-17-11/h6-7,10,12,15H,3-5,8-9,14H2,1-2H3. The molecule has 0 saturated heterocycles. The molecule has 0 radical (unpaired) electrons. The molecule has 17 heavy (non-hydrogen) atoms. The molecule has 0 bridgehead atoms. The minimum Gasteiger partial charge on any atom is -0.468 e. The van der Waals surface area contributed by atoms with E-state index in [2.05, 4.69) is 24.4 Å². The molecule has 0 aromatic carbocycles. The van der Waals surface area contributed by atoms with Crippen LogP contribution in [0.2, 0.25) is 0 Å². The van der Waals surface area contributed by atoms with Crippen LogP contribution >= 0.6 is 0 Å². The molecule has 4 heteroatoms. The van der Waals surface area contributed by atoms with Crippen LogP contribution < -0.4 is 11.3 Å². The Hall–Kier alpha value is -0.840. The number of hydrogen-bond donors (Lipinski definition) is 2. The van der Waals surface area contributed by atoms with Gasteiger partial charge < -0.3 is 9.32 Å². The maximum absolute atomic E-state index is 5.78. The number of nitrogens with one attached hydrogen (secondary N) is 1. The third-order valence-electron chi connectivity index (χ3n) is 4.14. The summed E-state index contributed by atoms with van der Waals surface area (Å²) in [4.78, 5) is 2.30. The van der Waals surface area contributed by atoms with Crippen LogP contribution in [0.15, 0.2) is 22.8 Å². The number of furan rings is 1. The van der Waals surface area contributed by atoms with E-state index >= 15 is 0 Å². The number of hydrazine groups is 1. The first-order chi connectivity index (χ1) is 8.20. The van der Waals surface area contributed by atoms with E-state index in [0.717, 1.165) is 18.6 Å². The van der Waals surface area contributed by atoms with E-state index in [9.17, 15) is 0 Å². The highest BCUT2D eigenvalue weighted by Gasteiger charge is 2.43. The molecule has 96 valence electrons. The van der Waals surface area contributed by atoms with Crippen molar-refractivity contribution in [3.8, 4) is 0 Å². The zero-order chi connectivity index (χ0) is 12.3. The van der Waals surface area contributed by atoms with Gasteiger partial charge in [0.05, 0.1) is 12.3 Å². The SMILES string of the molecule is CN(C)C1(C(NN)c2ccco2)CCCCC1. The van der Waals surface area contributed by atoms with Crippen molar-refractivity contribution in [3.63, 3.8) is 0 Å². The highest BCUT2D eigenvalue weighted by molar-refractivity contribution is 5.13. The molecular formula is C13H23N3O. The molecule has 1 fully saturated rings. The topological polar surface area (TPSA) is 54.4 Å². The predicted molar refractivity (Wildman–Crippen MR) is 68.3 cm³/mol. The Kier molecular flexibility index (Phi) is 3.86. The van der Waals surface area contributed by atoms with Gasteiger partial charge in [0.25, 0.3) is 0 Å². The minimum absolute atomic E-state index is 0.0628. The van der Waals surface area contributed by atoms with Gasteiger partial charge in [-0.3, -0.25) is 5.84 Å². The third kappa shape index (κ3) is 2.25. The number of hydrogen-bond acceptors (Lipinski definition) is 4. The van der Waals surface area contributed by atoms with E-state index in [-0.39, 0.29) is 11.6 Å². The zero-order valence-electron chi connectivity index (χ0n) is 10.8. The summed E-state index contributed by atoms with van der Waals surface area (Å²) < 4.78 is 5.55. The first-order valence-corrected chi connectivity index (χ1v) is 6.38. The molecule has 0 amide bonds. The number of nitrogens with zero attached hydrogens (tertiary/aromatic N) is 1. The van der Waals surface area contributed by atoms with Crippen LogP contribution in [0.3, 0.4) is 0 Å². The zero-order valence-corrected chi connectivity index (χ0v) is 10.8. The molecule has 0 aliphatic heterocycles. The highest BCUT2D eigenvalue weighted by Crippen LogP contribution is 2.41. The quantitative estimate of drug-likeness (QED) is 0.621. The number of rotatable bonds is 4. The second kappa shape index (κ2) is 5.21. The van der Waals surface area contributed by atoms with Gasteiger partial charge in [-0.2, -0.15) is 0 Å². The smallest absolute Gasteiger partial charge is 0.123 e. The Balaban J connectivity index is 2.30. The number of likely N-dealkylation sites (N-methyl/N-ethyl adjacent to an activating group) is 1. The van der Waals surface area contributed by atoms with Crippen LogP contribution in [-0.4, -0.2) is 24.5 Å². The Morgan fingerprint density at radius 1 is 1.35 bits per heavy atom. The van der Waals surface area contributed by atoms with Crippen LogP contribution in [0.4, 0.5) is 0 Å². The molecule has 1 saturated carbocycles. The molecule has 3 N–H and O–H groups in total. The molecule has 1 atom stereocenters. The van der Waals surface area contributed by atoms with Gasteiger partial charge in [0.1, 0.15) is 5.76 Å². The average molecular weight is 237 g/mol. The first kappa shape index (κ1) is 12.6. The van der Waals surface area contributed by atoms with Crippen molar-refractivity contribution in [2.45, 2.75) is 43.7 Å². The van der Waals surface area contributed by atoms with Crippen molar-refractivity contribution in [1.29, 1.82) is 0 Å². The van der Waals surface area contributed by atoms with Gasteiger partial charge in [-0.1, -0.05) is 19.3 Å². The normalized spacial score (nSPS) is 21.6. The third-order valence-corrected chi connectivity index (χ3v) is 4.14. The Morgan fingerprint density at radius 3 is 2.53 bits per heavy atom. The van der Waals surface area contributed by atoms with Crippen LogP contribution in [0.1, 0.15) is 43.9 Å². The van der Waals surface area contributed by atoms with Crippen LogP contribution in [0.25, 0.3) is 0 Å². The van der Waals surface area contributed by atoms with Gasteiger partial charge in [0.15, 0.2) is 0 Å². The molecule has 2 rings (SSSR count). The molecule has 1 heterocycles. The lowest BCUT2D eigenvalue weighted by molar-refractivity contribution is 0.0479. The minimum atomic E-state index is 0.0628. The lowest BCUT2D eigenvalue weighted by Crippen LogP contribution is -2.56. The largest absolute Gasteiger partial charge is 0.468 e. The summed E-state index contributed by atoms with van der Waals surface area (Å²) in [6.45, 7) is 0. The summed E-state index contributed by atoms with van der Waals surface area (Å²) in [5, 5.41) is 0. The summed E-state index contributed by atoms with van der Waals surface area (Å²) in [6.07, 6.45) is 7.89. The Labute approximate surface area is 103 Å². The molecule has 1 aliphatic rings. The van der Waals surface area contributed by atoms with Crippen molar-refractivity contribution < 1.29 is 4.42 Å². The fourth-order valence-corrected chi connectivity index (χ4v) is 3.12. The second-order valence-electron chi connectivity index (χ2n) is 5.17. The van der Waals surface area contributed by atoms with E-state index in [1.54, 1.807) is 6.26 Å². The van der Waals surface area contributed by atoms with E-state index in [1.807, 2.05) is 12.1 Å². The maximum Gasteiger partial charge on any atom is 0.123 e. The van der Waals surface area contributed by atoms with Crippen molar-refractivity contribution in [1.82, 2.24) is 10.3 Å². The van der Waals surface area contributed by atoms with Crippen LogP contribution in [0.5, 0.6) is 0 Å². The highest BCUT2D eigenvalue weighted by atomic mass is 16.3. The van der Waals surface area contributed by atoms with Gasteiger partial charge in [-0.05, 0) is 39.1 Å². The van der Waals surface area contributed by atoms with Crippen LogP contribution in [-0.2, 0) is 0 Å². The molecule has 1 unspecified atom stereocenters. The van der Waals surface area contributed by atoms with Crippen molar-refractivity contribution in [2.75, 3.05) is 14.1 Å². The fourth-order valence-electron chi connectivity index (χ4n) is 3.12. The summed E-state index contributed by atoms with van der Waals surface area (Å²) in [6, 6.07) is 3.99. The van der Waals surface area contributed by atoms with E-state index in [4.69, 9.17) is 10.3 Å². The van der Waals surface area contributed by atoms with E-state index in [0.29, 0.717) is 0 Å². The van der Waals surface area contributed by atoms with Crippen molar-refractivity contribution in [2.24, 2.45) is 5.84 Å². The summed E-state index contributed by atoms with van der Waals surface area (Å²) in [5.41, 5.74) is 3.04. The van der Waals surface area contributed by atoms with Gasteiger partial charge >= 0.3 is 0 Å². The van der Waals surface area contributed by atoms with Gasteiger partial charge in [0.2, 0.25) is 0 Å². The monoisotopic (exact) mass is 237 g/mol. The van der Waals surface area contributed by atoms with Crippen molar-refractivity contribution in [3.05, 3.63) is 24.2 Å². The molecular weight excluding hydrogens is 214 g/mol. The predicted octanol–water partition coefficient (Wildman–Crippen LogP) is 2.05. The summed E-state index contributed by atoms with van der Waals surface area (Å²) in [7, 11) is 4.28. The lowest BCUT2D eigenvalue weighted by Gasteiger charge is -2.47. The summed E-state index contributed by atoms with van der Waals surface area (Å²) >= 11 is 0. The van der Waals surface area contributed by atoms with Crippen LogP contribution in [0, 0.1) is 0 Å². The second-order valence-corrected chi connectivity index (χ2v) is 5.17. The first-order valence-electron chi connectivity index (χ1n) is 6.38. The lowest BCUT2D eigenvalue weighted by atomic mass is 9.74. The Morgan fingerprint density at radius 2 is 2.06 bits per heavy atom. The average Bonchev–Trinajstić information content (AvgIpc) is 2.84.